The van der Waals surface area contributed by atoms with Crippen LogP contribution < -0.4 is 10.2 Å². The van der Waals surface area contributed by atoms with Crippen LogP contribution in [-0.4, -0.2) is 38.6 Å². The number of aryl methyl sites for hydroxylation is 1. The van der Waals surface area contributed by atoms with Crippen molar-refractivity contribution in [2.24, 2.45) is 11.8 Å². The van der Waals surface area contributed by atoms with Gasteiger partial charge in [0.15, 0.2) is 0 Å². The number of likely N-dealkylation sites (N-methyl/N-ethyl adjacent to an activating group) is 1. The quantitative estimate of drug-likeness (QED) is 0.771. The normalized spacial score (nSPS) is 20.0. The van der Waals surface area contributed by atoms with Gasteiger partial charge < -0.3 is 15.0 Å². The molecule has 0 unspecified atom stereocenters. The summed E-state index contributed by atoms with van der Waals surface area (Å²) in [7, 11) is 1.41. The van der Waals surface area contributed by atoms with E-state index < -0.39 is 0 Å². The highest BCUT2D eigenvalue weighted by molar-refractivity contribution is 5.80. The van der Waals surface area contributed by atoms with Crippen LogP contribution in [0.1, 0.15) is 38.2 Å². The zero-order chi connectivity index (χ0) is 18.2. The maximum atomic E-state index is 12.4. The van der Waals surface area contributed by atoms with Crippen LogP contribution in [0.2, 0.25) is 0 Å². The number of carbonyl (C=O) groups excluding carboxylic acids is 2. The molecule has 5 nitrogen and oxygen atoms in total. The predicted molar refractivity (Wildman–Crippen MR) is 99.5 cm³/mol. The Morgan fingerprint density at radius 3 is 2.64 bits per heavy atom. The molecule has 1 amide bonds. The number of ether oxygens (including phenoxy) is 1. The number of benzene rings is 1. The van der Waals surface area contributed by atoms with Gasteiger partial charge in [-0.25, -0.2) is 0 Å². The van der Waals surface area contributed by atoms with Crippen molar-refractivity contribution in [3.05, 3.63) is 29.8 Å². The van der Waals surface area contributed by atoms with Gasteiger partial charge in [-0.05, 0) is 44.7 Å². The molecule has 0 saturated heterocycles. The number of anilines is 1. The molecule has 1 saturated carbocycles. The Morgan fingerprint density at radius 2 is 1.96 bits per heavy atom. The third-order valence-corrected chi connectivity index (χ3v) is 5.10. The minimum absolute atomic E-state index is 0.0643. The van der Waals surface area contributed by atoms with Gasteiger partial charge >= 0.3 is 5.97 Å². The Hall–Kier alpha value is -2.04. The van der Waals surface area contributed by atoms with Crippen molar-refractivity contribution in [3.8, 4) is 0 Å². The Morgan fingerprint density at radius 1 is 1.24 bits per heavy atom. The monoisotopic (exact) mass is 346 g/mol. The summed E-state index contributed by atoms with van der Waals surface area (Å²) in [5.74, 6) is -0.330. The van der Waals surface area contributed by atoms with Gasteiger partial charge in [-0.2, -0.15) is 0 Å². The van der Waals surface area contributed by atoms with Gasteiger partial charge in [0.1, 0.15) is 0 Å². The fourth-order valence-electron chi connectivity index (χ4n) is 3.63. The molecule has 0 aliphatic heterocycles. The summed E-state index contributed by atoms with van der Waals surface area (Å²) in [6, 6.07) is 8.29. The molecule has 1 aliphatic rings. The minimum atomic E-state index is -0.186. The molecule has 0 bridgehead atoms. The van der Waals surface area contributed by atoms with Gasteiger partial charge in [0.25, 0.3) is 0 Å². The standard InChI is InChI=1S/C20H30N2O3/c1-4-22(18-11-6-5-8-15(18)2)13-12-21-19(23)16-9-7-10-17(14-16)20(24)25-3/h5-6,8,11,16-17H,4,7,9-10,12-14H2,1-3H3,(H,21,23)/t16-,17-/m0/s1. The molecule has 2 rings (SSSR count). The van der Waals surface area contributed by atoms with Crippen LogP contribution >= 0.6 is 0 Å². The van der Waals surface area contributed by atoms with Crippen molar-refractivity contribution in [2.75, 3.05) is 31.6 Å². The van der Waals surface area contributed by atoms with Crippen molar-refractivity contribution in [2.45, 2.75) is 39.5 Å². The maximum Gasteiger partial charge on any atom is 0.308 e. The van der Waals surface area contributed by atoms with Crippen LogP contribution in [0.15, 0.2) is 24.3 Å². The Balaban J connectivity index is 1.83. The topological polar surface area (TPSA) is 58.6 Å². The molecule has 138 valence electrons. The third-order valence-electron chi connectivity index (χ3n) is 5.10. The molecular formula is C20H30N2O3. The van der Waals surface area contributed by atoms with Gasteiger partial charge in [-0.15, -0.1) is 0 Å². The molecule has 1 fully saturated rings. The highest BCUT2D eigenvalue weighted by Crippen LogP contribution is 2.30. The molecule has 1 aliphatic carbocycles. The molecule has 0 spiro atoms. The zero-order valence-corrected chi connectivity index (χ0v) is 15.6. The van der Waals surface area contributed by atoms with Crippen LogP contribution in [0.25, 0.3) is 0 Å². The number of nitrogens with one attached hydrogen (secondary N) is 1. The molecule has 1 N–H and O–H groups in total. The molecule has 5 heteroatoms. The van der Waals surface area contributed by atoms with Gasteiger partial charge in [-0.1, -0.05) is 24.6 Å². The van der Waals surface area contributed by atoms with E-state index in [0.29, 0.717) is 13.0 Å². The summed E-state index contributed by atoms with van der Waals surface area (Å²) in [6.07, 6.45) is 3.19. The number of para-hydroxylation sites is 1. The van der Waals surface area contributed by atoms with Crippen LogP contribution in [0.4, 0.5) is 5.69 Å². The van der Waals surface area contributed by atoms with Crippen molar-refractivity contribution in [1.29, 1.82) is 0 Å². The molecule has 0 radical (unpaired) electrons. The smallest absolute Gasteiger partial charge is 0.308 e. The van der Waals surface area contributed by atoms with Crippen LogP contribution in [-0.2, 0) is 14.3 Å². The Bertz CT molecular complexity index is 588. The molecule has 1 aromatic rings. The van der Waals surface area contributed by atoms with E-state index >= 15 is 0 Å². The number of rotatable bonds is 7. The second-order valence-corrected chi connectivity index (χ2v) is 6.74. The number of nitrogens with zero attached hydrogens (tertiary/aromatic N) is 1. The lowest BCUT2D eigenvalue weighted by atomic mass is 9.81. The van der Waals surface area contributed by atoms with Gasteiger partial charge in [0.05, 0.1) is 13.0 Å². The van der Waals surface area contributed by atoms with E-state index in [9.17, 15) is 9.59 Å². The lowest BCUT2D eigenvalue weighted by molar-refractivity contribution is -0.147. The number of hydrogen-bond donors (Lipinski definition) is 1. The van der Waals surface area contributed by atoms with Gasteiger partial charge in [0, 0.05) is 31.2 Å². The largest absolute Gasteiger partial charge is 0.469 e. The van der Waals surface area contributed by atoms with Crippen molar-refractivity contribution in [1.82, 2.24) is 5.32 Å². The molecule has 1 aromatic carbocycles. The number of methoxy groups -OCH3 is 1. The maximum absolute atomic E-state index is 12.4. The summed E-state index contributed by atoms with van der Waals surface area (Å²) >= 11 is 0. The van der Waals surface area contributed by atoms with Crippen molar-refractivity contribution < 1.29 is 14.3 Å². The first-order chi connectivity index (χ1) is 12.1. The lowest BCUT2D eigenvalue weighted by Crippen LogP contribution is -2.40. The third kappa shape index (κ3) is 5.21. The second kappa shape index (κ2) is 9.44. The summed E-state index contributed by atoms with van der Waals surface area (Å²) in [5, 5.41) is 3.05. The van der Waals surface area contributed by atoms with Crippen LogP contribution in [0.5, 0.6) is 0 Å². The summed E-state index contributed by atoms with van der Waals surface area (Å²) < 4.78 is 4.83. The second-order valence-electron chi connectivity index (χ2n) is 6.74. The van der Waals surface area contributed by atoms with Crippen molar-refractivity contribution >= 4 is 17.6 Å². The van der Waals surface area contributed by atoms with Gasteiger partial charge in [0.2, 0.25) is 5.91 Å². The summed E-state index contributed by atoms with van der Waals surface area (Å²) in [5.41, 5.74) is 2.45. The molecule has 25 heavy (non-hydrogen) atoms. The highest BCUT2D eigenvalue weighted by Gasteiger charge is 2.31. The van der Waals surface area contributed by atoms with E-state index in [2.05, 4.69) is 36.2 Å². The van der Waals surface area contributed by atoms with Crippen molar-refractivity contribution in [3.63, 3.8) is 0 Å². The minimum Gasteiger partial charge on any atom is -0.469 e. The number of hydrogen-bond acceptors (Lipinski definition) is 4. The number of carbonyl (C=O) groups is 2. The zero-order valence-electron chi connectivity index (χ0n) is 15.6. The fourth-order valence-corrected chi connectivity index (χ4v) is 3.63. The van der Waals surface area contributed by atoms with E-state index in [1.807, 2.05) is 12.1 Å². The summed E-state index contributed by atoms with van der Waals surface area (Å²) in [4.78, 5) is 26.4. The molecule has 0 aromatic heterocycles. The predicted octanol–water partition coefficient (Wildman–Crippen LogP) is 2.92. The average Bonchev–Trinajstić information content (AvgIpc) is 2.65. The van der Waals surface area contributed by atoms with Crippen LogP contribution in [0.3, 0.4) is 0 Å². The first kappa shape index (κ1) is 19.3. The SMILES string of the molecule is CCN(CCNC(=O)[C@H]1CCC[C@H](C(=O)OC)C1)c1ccccc1C. The summed E-state index contributed by atoms with van der Waals surface area (Å²) in [6.45, 7) is 6.51. The van der Waals surface area contributed by atoms with E-state index in [4.69, 9.17) is 4.74 Å². The molecule has 2 atom stereocenters. The number of esters is 1. The molecule has 0 heterocycles. The first-order valence-corrected chi connectivity index (χ1v) is 9.23. The Labute approximate surface area is 150 Å². The Kier molecular flexibility index (Phi) is 7.29. The van der Waals surface area contributed by atoms with Gasteiger partial charge in [-0.3, -0.25) is 9.59 Å². The van der Waals surface area contributed by atoms with E-state index in [-0.39, 0.29) is 23.7 Å². The van der Waals surface area contributed by atoms with E-state index in [1.165, 1.54) is 18.4 Å². The molecular weight excluding hydrogens is 316 g/mol. The number of amides is 1. The lowest BCUT2D eigenvalue weighted by Gasteiger charge is -2.28. The fraction of sp³-hybridized carbons (Fsp3) is 0.600. The highest BCUT2D eigenvalue weighted by atomic mass is 16.5. The van der Waals surface area contributed by atoms with E-state index in [1.54, 1.807) is 0 Å². The first-order valence-electron chi connectivity index (χ1n) is 9.23. The average molecular weight is 346 g/mol. The van der Waals surface area contributed by atoms with Crippen LogP contribution in [0, 0.1) is 18.8 Å². The van der Waals surface area contributed by atoms with E-state index in [0.717, 1.165) is 32.4 Å².